The molecule has 3 rings (SSSR count). The molecule has 0 atom stereocenters. The van der Waals surface area contributed by atoms with Gasteiger partial charge in [-0.15, -0.1) is 17.9 Å². The molecule has 2 heterocycles. The SMILES string of the molecule is C=CCN(CC#Cc1ccccc1)C(=O)c1cn2ccsc2n1. The summed E-state index contributed by atoms with van der Waals surface area (Å²) in [6.07, 6.45) is 5.33. The van der Waals surface area contributed by atoms with Gasteiger partial charge < -0.3 is 4.90 Å². The van der Waals surface area contributed by atoms with Crippen LogP contribution in [0.1, 0.15) is 16.1 Å². The summed E-state index contributed by atoms with van der Waals surface area (Å²) in [6, 6.07) is 9.71. The molecule has 0 spiro atoms. The van der Waals surface area contributed by atoms with Crippen LogP contribution in [0.2, 0.25) is 0 Å². The molecule has 0 N–H and O–H groups in total. The minimum atomic E-state index is -0.136. The monoisotopic (exact) mass is 321 g/mol. The van der Waals surface area contributed by atoms with Crippen LogP contribution < -0.4 is 0 Å². The van der Waals surface area contributed by atoms with Crippen LogP contribution in [0.4, 0.5) is 0 Å². The largest absolute Gasteiger partial charge is 0.322 e. The van der Waals surface area contributed by atoms with Gasteiger partial charge in [-0.25, -0.2) is 4.98 Å². The third-order valence-electron chi connectivity index (χ3n) is 3.23. The first-order valence-electron chi connectivity index (χ1n) is 7.14. The fraction of sp³-hybridized carbons (Fsp3) is 0.111. The van der Waals surface area contributed by atoms with Crippen molar-refractivity contribution in [2.24, 2.45) is 0 Å². The van der Waals surface area contributed by atoms with E-state index < -0.39 is 0 Å². The van der Waals surface area contributed by atoms with Crippen molar-refractivity contribution in [3.63, 3.8) is 0 Å². The van der Waals surface area contributed by atoms with E-state index in [0.29, 0.717) is 18.8 Å². The number of imidazole rings is 1. The van der Waals surface area contributed by atoms with Crippen LogP contribution in [-0.4, -0.2) is 33.3 Å². The molecule has 0 aliphatic heterocycles. The second-order valence-corrected chi connectivity index (χ2v) is 5.73. The molecule has 0 saturated heterocycles. The minimum Gasteiger partial charge on any atom is -0.322 e. The highest BCUT2D eigenvalue weighted by Crippen LogP contribution is 2.13. The lowest BCUT2D eigenvalue weighted by molar-refractivity contribution is 0.0788. The fourth-order valence-corrected chi connectivity index (χ4v) is 2.83. The van der Waals surface area contributed by atoms with Crippen LogP contribution in [0.15, 0.2) is 60.8 Å². The Labute approximate surface area is 138 Å². The molecule has 0 fully saturated rings. The minimum absolute atomic E-state index is 0.136. The number of hydrogen-bond acceptors (Lipinski definition) is 3. The Bertz CT molecular complexity index is 855. The maximum atomic E-state index is 12.6. The summed E-state index contributed by atoms with van der Waals surface area (Å²) in [4.78, 5) is 19.4. The Morgan fingerprint density at radius 1 is 1.39 bits per heavy atom. The molecular formula is C18H15N3OS. The molecule has 0 aliphatic carbocycles. The summed E-state index contributed by atoms with van der Waals surface area (Å²) in [6.45, 7) is 4.49. The number of amides is 1. The van der Waals surface area contributed by atoms with Gasteiger partial charge in [0.25, 0.3) is 5.91 Å². The first-order valence-corrected chi connectivity index (χ1v) is 8.02. The van der Waals surface area contributed by atoms with Crippen molar-refractivity contribution >= 4 is 22.2 Å². The van der Waals surface area contributed by atoms with Gasteiger partial charge in [0.15, 0.2) is 4.96 Å². The third kappa shape index (κ3) is 3.50. The van der Waals surface area contributed by atoms with Crippen molar-refractivity contribution in [1.82, 2.24) is 14.3 Å². The molecule has 0 bridgehead atoms. The van der Waals surface area contributed by atoms with Crippen molar-refractivity contribution in [3.8, 4) is 11.8 Å². The zero-order valence-corrected chi connectivity index (χ0v) is 13.3. The van der Waals surface area contributed by atoms with Crippen LogP contribution in [-0.2, 0) is 0 Å². The van der Waals surface area contributed by atoms with Gasteiger partial charge >= 0.3 is 0 Å². The van der Waals surface area contributed by atoms with Gasteiger partial charge in [0, 0.05) is 29.9 Å². The van der Waals surface area contributed by atoms with E-state index in [0.717, 1.165) is 10.5 Å². The maximum absolute atomic E-state index is 12.6. The Balaban J connectivity index is 1.75. The number of thiazole rings is 1. The number of carbonyl (C=O) groups is 1. The second-order valence-electron chi connectivity index (χ2n) is 4.86. The van der Waals surface area contributed by atoms with E-state index in [1.807, 2.05) is 46.3 Å². The number of aromatic nitrogens is 2. The van der Waals surface area contributed by atoms with Crippen LogP contribution >= 0.6 is 11.3 Å². The molecule has 5 heteroatoms. The number of rotatable bonds is 4. The van der Waals surface area contributed by atoms with Gasteiger partial charge in [-0.1, -0.05) is 36.1 Å². The van der Waals surface area contributed by atoms with E-state index >= 15 is 0 Å². The highest BCUT2D eigenvalue weighted by molar-refractivity contribution is 7.15. The highest BCUT2D eigenvalue weighted by atomic mass is 32.1. The number of carbonyl (C=O) groups excluding carboxylic acids is 1. The second kappa shape index (κ2) is 6.95. The summed E-state index contributed by atoms with van der Waals surface area (Å²) in [7, 11) is 0. The molecule has 0 unspecified atom stereocenters. The molecule has 2 aromatic heterocycles. The Morgan fingerprint density at radius 2 is 2.22 bits per heavy atom. The predicted molar refractivity (Wildman–Crippen MR) is 92.5 cm³/mol. The summed E-state index contributed by atoms with van der Waals surface area (Å²) in [5.41, 5.74) is 1.36. The summed E-state index contributed by atoms with van der Waals surface area (Å²) < 4.78 is 1.85. The lowest BCUT2D eigenvalue weighted by atomic mass is 10.2. The topological polar surface area (TPSA) is 37.6 Å². The Hall–Kier alpha value is -2.84. The van der Waals surface area contributed by atoms with Crippen molar-refractivity contribution in [1.29, 1.82) is 0 Å². The normalized spacial score (nSPS) is 10.1. The van der Waals surface area contributed by atoms with Crippen molar-refractivity contribution in [2.75, 3.05) is 13.1 Å². The lowest BCUT2D eigenvalue weighted by Crippen LogP contribution is -2.31. The van der Waals surface area contributed by atoms with Gasteiger partial charge in [-0.2, -0.15) is 0 Å². The molecule has 0 radical (unpaired) electrons. The van der Waals surface area contributed by atoms with Crippen molar-refractivity contribution in [3.05, 3.63) is 72.0 Å². The van der Waals surface area contributed by atoms with Gasteiger partial charge in [0.2, 0.25) is 0 Å². The average Bonchev–Trinajstić information content (AvgIpc) is 3.16. The molecule has 0 aliphatic rings. The van der Waals surface area contributed by atoms with E-state index in [2.05, 4.69) is 23.4 Å². The predicted octanol–water partition coefficient (Wildman–Crippen LogP) is 3.08. The average molecular weight is 321 g/mol. The zero-order valence-electron chi connectivity index (χ0n) is 12.5. The van der Waals surface area contributed by atoms with Crippen LogP contribution in [0.5, 0.6) is 0 Å². The smallest absolute Gasteiger partial charge is 0.275 e. The number of benzene rings is 1. The first-order chi connectivity index (χ1) is 11.3. The first kappa shape index (κ1) is 15.1. The van der Waals surface area contributed by atoms with Gasteiger partial charge in [0.1, 0.15) is 5.69 Å². The van der Waals surface area contributed by atoms with Gasteiger partial charge in [0.05, 0.1) is 6.54 Å². The standard InChI is InChI=1S/C18H15N3OS/c1-2-10-20(11-6-9-15-7-4-3-5-8-15)17(22)16-14-21-12-13-23-18(21)19-16/h2-5,7-8,12-14H,1,10-11H2. The molecule has 1 aromatic carbocycles. The van der Waals surface area contributed by atoms with E-state index in [1.54, 1.807) is 17.2 Å². The summed E-state index contributed by atoms with van der Waals surface area (Å²) in [5, 5.41) is 1.93. The molecule has 3 aromatic rings. The zero-order chi connectivity index (χ0) is 16.1. The number of nitrogens with zero attached hydrogens (tertiary/aromatic N) is 3. The quantitative estimate of drug-likeness (QED) is 0.547. The van der Waals surface area contributed by atoms with E-state index in [4.69, 9.17) is 0 Å². The number of hydrogen-bond donors (Lipinski definition) is 0. The summed E-state index contributed by atoms with van der Waals surface area (Å²) >= 11 is 1.50. The van der Waals surface area contributed by atoms with E-state index in [1.165, 1.54) is 11.3 Å². The molecule has 0 saturated carbocycles. The van der Waals surface area contributed by atoms with E-state index in [-0.39, 0.29) is 5.91 Å². The Kier molecular flexibility index (Phi) is 4.55. The van der Waals surface area contributed by atoms with Gasteiger partial charge in [-0.3, -0.25) is 9.20 Å². The third-order valence-corrected chi connectivity index (χ3v) is 4.00. The fourth-order valence-electron chi connectivity index (χ4n) is 2.13. The van der Waals surface area contributed by atoms with Crippen molar-refractivity contribution < 1.29 is 4.79 Å². The molecule has 4 nitrogen and oxygen atoms in total. The maximum Gasteiger partial charge on any atom is 0.275 e. The molecule has 1 amide bonds. The summed E-state index contributed by atoms with van der Waals surface area (Å²) in [5.74, 6) is 5.96. The molecule has 23 heavy (non-hydrogen) atoms. The van der Waals surface area contributed by atoms with Crippen LogP contribution in [0, 0.1) is 11.8 Å². The number of fused-ring (bicyclic) bond motifs is 1. The highest BCUT2D eigenvalue weighted by Gasteiger charge is 2.17. The molecular weight excluding hydrogens is 306 g/mol. The Morgan fingerprint density at radius 3 is 2.96 bits per heavy atom. The van der Waals surface area contributed by atoms with Crippen LogP contribution in [0.25, 0.3) is 4.96 Å². The lowest BCUT2D eigenvalue weighted by Gasteiger charge is -2.16. The van der Waals surface area contributed by atoms with Gasteiger partial charge in [-0.05, 0) is 12.1 Å². The van der Waals surface area contributed by atoms with Crippen LogP contribution in [0.3, 0.4) is 0 Å². The van der Waals surface area contributed by atoms with Crippen molar-refractivity contribution in [2.45, 2.75) is 0 Å². The van der Waals surface area contributed by atoms with E-state index in [9.17, 15) is 4.79 Å². The molecule has 114 valence electrons.